The van der Waals surface area contributed by atoms with Gasteiger partial charge in [-0.1, -0.05) is 12.8 Å². The maximum atomic E-state index is 5.54. The molecule has 17 heavy (non-hydrogen) atoms. The van der Waals surface area contributed by atoms with Crippen molar-refractivity contribution in [2.75, 3.05) is 5.32 Å². The Morgan fingerprint density at radius 1 is 1.47 bits per heavy atom. The van der Waals surface area contributed by atoms with Crippen molar-refractivity contribution in [3.05, 3.63) is 11.8 Å². The van der Waals surface area contributed by atoms with Crippen LogP contribution in [0.5, 0.6) is 5.88 Å². The fourth-order valence-corrected chi connectivity index (χ4v) is 1.32. The molecule has 1 heterocycles. The number of terminal acetylenes is 1. The minimum absolute atomic E-state index is 0.0521. The first-order valence-electron chi connectivity index (χ1n) is 5.80. The largest absolute Gasteiger partial charge is 0.475 e. The summed E-state index contributed by atoms with van der Waals surface area (Å²) in [5.74, 6) is 3.74. The van der Waals surface area contributed by atoms with Crippen molar-refractivity contribution in [3.8, 4) is 18.2 Å². The van der Waals surface area contributed by atoms with E-state index in [0.717, 1.165) is 12.1 Å². The van der Waals surface area contributed by atoms with Gasteiger partial charge in [0.1, 0.15) is 0 Å². The summed E-state index contributed by atoms with van der Waals surface area (Å²) in [6.07, 6.45) is 6.31. The van der Waals surface area contributed by atoms with Crippen molar-refractivity contribution in [2.45, 2.75) is 46.3 Å². The van der Waals surface area contributed by atoms with E-state index in [1.807, 2.05) is 33.8 Å². The average Bonchev–Trinajstić information content (AvgIpc) is 2.24. The molecule has 4 heteroatoms. The molecule has 0 spiro atoms. The van der Waals surface area contributed by atoms with Crippen LogP contribution in [0.2, 0.25) is 0 Å². The Balaban J connectivity index is 2.86. The molecule has 1 atom stereocenters. The van der Waals surface area contributed by atoms with Gasteiger partial charge in [-0.25, -0.2) is 4.98 Å². The van der Waals surface area contributed by atoms with E-state index in [1.54, 1.807) is 0 Å². The molecule has 0 aromatic carbocycles. The molecule has 1 aromatic heterocycles. The Kier molecular flexibility index (Phi) is 4.77. The second-order valence-corrected chi connectivity index (χ2v) is 4.11. The van der Waals surface area contributed by atoms with Crippen LogP contribution in [0.25, 0.3) is 0 Å². The van der Waals surface area contributed by atoms with E-state index in [-0.39, 0.29) is 12.1 Å². The third-order valence-corrected chi connectivity index (χ3v) is 2.10. The van der Waals surface area contributed by atoms with Gasteiger partial charge in [-0.05, 0) is 27.2 Å². The van der Waals surface area contributed by atoms with Crippen LogP contribution in [0.1, 0.15) is 32.9 Å². The number of aryl methyl sites for hydroxylation is 1. The molecule has 92 valence electrons. The Labute approximate surface area is 103 Å². The maximum Gasteiger partial charge on any atom is 0.227 e. The van der Waals surface area contributed by atoms with Crippen molar-refractivity contribution in [1.82, 2.24) is 9.97 Å². The molecular weight excluding hydrogens is 214 g/mol. The summed E-state index contributed by atoms with van der Waals surface area (Å²) in [6, 6.07) is 1.76. The Morgan fingerprint density at radius 3 is 2.71 bits per heavy atom. The first-order chi connectivity index (χ1) is 8.05. The summed E-state index contributed by atoms with van der Waals surface area (Å²) >= 11 is 0. The maximum absolute atomic E-state index is 5.54. The summed E-state index contributed by atoms with van der Waals surface area (Å²) < 4.78 is 5.54. The second-order valence-electron chi connectivity index (χ2n) is 4.11. The summed E-state index contributed by atoms with van der Waals surface area (Å²) in [4.78, 5) is 8.55. The Bertz CT molecular complexity index is 410. The monoisotopic (exact) mass is 233 g/mol. The van der Waals surface area contributed by atoms with Gasteiger partial charge in [0.25, 0.3) is 0 Å². The molecule has 1 rings (SSSR count). The highest BCUT2D eigenvalue weighted by Crippen LogP contribution is 2.14. The molecule has 1 N–H and O–H groups in total. The van der Waals surface area contributed by atoms with Gasteiger partial charge < -0.3 is 10.1 Å². The van der Waals surface area contributed by atoms with Crippen LogP contribution in [-0.2, 0) is 0 Å². The summed E-state index contributed by atoms with van der Waals surface area (Å²) in [7, 11) is 0. The molecule has 1 aromatic rings. The average molecular weight is 233 g/mol. The van der Waals surface area contributed by atoms with Crippen LogP contribution in [0, 0.1) is 19.3 Å². The lowest BCUT2D eigenvalue weighted by Crippen LogP contribution is -2.18. The van der Waals surface area contributed by atoms with E-state index in [9.17, 15) is 0 Å². The van der Waals surface area contributed by atoms with Gasteiger partial charge in [0.05, 0.1) is 12.1 Å². The van der Waals surface area contributed by atoms with Crippen LogP contribution in [-0.4, -0.2) is 22.1 Å². The molecule has 4 nitrogen and oxygen atoms in total. The van der Waals surface area contributed by atoms with Gasteiger partial charge >= 0.3 is 0 Å². The van der Waals surface area contributed by atoms with Gasteiger partial charge in [0.15, 0.2) is 0 Å². The second kappa shape index (κ2) is 6.09. The van der Waals surface area contributed by atoms with Crippen LogP contribution in [0.3, 0.4) is 0 Å². The molecule has 1 unspecified atom stereocenters. The van der Waals surface area contributed by atoms with Gasteiger partial charge in [0.2, 0.25) is 11.8 Å². The number of nitrogens with one attached hydrogen (secondary N) is 1. The molecule has 0 aliphatic carbocycles. The standard InChI is InChI=1S/C13H19N3O/c1-6-11(7-2)15-13-14-10(5)8-12(16-13)17-9(3)4/h1,8-9,11H,7H2,2-5H3,(H,14,15,16). The molecule has 0 saturated heterocycles. The molecular formula is C13H19N3O. The highest BCUT2D eigenvalue weighted by Gasteiger charge is 2.08. The zero-order chi connectivity index (χ0) is 12.8. The van der Waals surface area contributed by atoms with Gasteiger partial charge in [-0.3, -0.25) is 0 Å². The highest BCUT2D eigenvalue weighted by atomic mass is 16.5. The molecule has 0 bridgehead atoms. The molecule has 0 aliphatic heterocycles. The van der Waals surface area contributed by atoms with E-state index in [4.69, 9.17) is 11.2 Å². The number of anilines is 1. The number of hydrogen-bond donors (Lipinski definition) is 1. The van der Waals surface area contributed by atoms with Gasteiger partial charge in [-0.15, -0.1) is 6.42 Å². The molecule has 0 saturated carbocycles. The first kappa shape index (κ1) is 13.3. The zero-order valence-electron chi connectivity index (χ0n) is 10.8. The van der Waals surface area contributed by atoms with E-state index in [0.29, 0.717) is 11.8 Å². The van der Waals surface area contributed by atoms with Crippen molar-refractivity contribution < 1.29 is 4.74 Å². The molecule has 0 radical (unpaired) electrons. The number of nitrogens with zero attached hydrogens (tertiary/aromatic N) is 2. The lowest BCUT2D eigenvalue weighted by Gasteiger charge is -2.13. The van der Waals surface area contributed by atoms with Crippen molar-refractivity contribution in [3.63, 3.8) is 0 Å². The predicted molar refractivity (Wildman–Crippen MR) is 69.1 cm³/mol. The molecule has 0 fully saturated rings. The van der Waals surface area contributed by atoms with Crippen LogP contribution in [0.15, 0.2) is 6.07 Å². The lowest BCUT2D eigenvalue weighted by atomic mass is 10.2. The van der Waals surface area contributed by atoms with Gasteiger partial charge in [0, 0.05) is 11.8 Å². The highest BCUT2D eigenvalue weighted by molar-refractivity contribution is 5.34. The van der Waals surface area contributed by atoms with E-state index >= 15 is 0 Å². The number of aromatic nitrogens is 2. The minimum Gasteiger partial charge on any atom is -0.475 e. The summed E-state index contributed by atoms with van der Waals surface area (Å²) in [5.41, 5.74) is 0.852. The van der Waals surface area contributed by atoms with Crippen molar-refractivity contribution in [2.24, 2.45) is 0 Å². The van der Waals surface area contributed by atoms with E-state index in [1.165, 1.54) is 0 Å². The normalized spacial score (nSPS) is 12.0. The minimum atomic E-state index is -0.0521. The lowest BCUT2D eigenvalue weighted by molar-refractivity contribution is 0.232. The molecule has 0 aliphatic rings. The van der Waals surface area contributed by atoms with E-state index in [2.05, 4.69) is 21.2 Å². The summed E-state index contributed by atoms with van der Waals surface area (Å²) in [6.45, 7) is 7.83. The first-order valence-corrected chi connectivity index (χ1v) is 5.80. The quantitative estimate of drug-likeness (QED) is 0.793. The third-order valence-electron chi connectivity index (χ3n) is 2.10. The zero-order valence-corrected chi connectivity index (χ0v) is 10.8. The fraction of sp³-hybridized carbons (Fsp3) is 0.538. The number of hydrogen-bond acceptors (Lipinski definition) is 4. The van der Waals surface area contributed by atoms with Crippen molar-refractivity contribution in [1.29, 1.82) is 0 Å². The molecule has 0 amide bonds. The smallest absolute Gasteiger partial charge is 0.227 e. The Hall–Kier alpha value is -1.76. The Morgan fingerprint density at radius 2 is 2.18 bits per heavy atom. The van der Waals surface area contributed by atoms with E-state index < -0.39 is 0 Å². The van der Waals surface area contributed by atoms with Gasteiger partial charge in [-0.2, -0.15) is 4.98 Å². The van der Waals surface area contributed by atoms with Crippen LogP contribution in [0.4, 0.5) is 5.95 Å². The predicted octanol–water partition coefficient (Wildman–Crippen LogP) is 2.40. The fourth-order valence-electron chi connectivity index (χ4n) is 1.32. The SMILES string of the molecule is C#CC(CC)Nc1nc(C)cc(OC(C)C)n1. The van der Waals surface area contributed by atoms with Crippen LogP contribution >= 0.6 is 0 Å². The third kappa shape index (κ3) is 4.31. The topological polar surface area (TPSA) is 47.0 Å². The number of ether oxygens (including phenoxy) is 1. The van der Waals surface area contributed by atoms with Crippen molar-refractivity contribution >= 4 is 5.95 Å². The van der Waals surface area contributed by atoms with Crippen LogP contribution < -0.4 is 10.1 Å². The summed E-state index contributed by atoms with van der Waals surface area (Å²) in [5, 5.41) is 3.09. The number of rotatable bonds is 5.